The van der Waals surface area contributed by atoms with E-state index in [-0.39, 0.29) is 4.90 Å². The Hall–Kier alpha value is -2.53. The second-order valence-corrected chi connectivity index (χ2v) is 12.2. The van der Waals surface area contributed by atoms with Gasteiger partial charge in [0.05, 0.1) is 28.8 Å². The van der Waals surface area contributed by atoms with Gasteiger partial charge in [-0.2, -0.15) is 9.30 Å². The number of hydrogen-bond donors (Lipinski definition) is 0. The van der Waals surface area contributed by atoms with E-state index in [2.05, 4.69) is 18.8 Å². The highest BCUT2D eigenvalue weighted by Crippen LogP contribution is 2.27. The number of fused-ring (bicyclic) bond motifs is 1. The lowest BCUT2D eigenvalue weighted by molar-refractivity contribution is 0.0996. The van der Waals surface area contributed by atoms with Gasteiger partial charge in [0.15, 0.2) is 4.80 Å². The van der Waals surface area contributed by atoms with Gasteiger partial charge < -0.3 is 14.0 Å². The van der Waals surface area contributed by atoms with E-state index in [0.29, 0.717) is 55.0 Å². The van der Waals surface area contributed by atoms with Crippen LogP contribution in [0.5, 0.6) is 5.75 Å². The zero-order valence-corrected chi connectivity index (χ0v) is 22.8. The summed E-state index contributed by atoms with van der Waals surface area (Å²) in [4.78, 5) is 18.2. The molecule has 10 heteroatoms. The van der Waals surface area contributed by atoms with E-state index in [4.69, 9.17) is 9.47 Å². The van der Waals surface area contributed by atoms with Gasteiger partial charge in [-0.25, -0.2) is 8.42 Å². The van der Waals surface area contributed by atoms with Crippen LogP contribution in [-0.4, -0.2) is 56.6 Å². The molecule has 0 radical (unpaired) electrons. The molecular weight excluding hydrogens is 498 g/mol. The summed E-state index contributed by atoms with van der Waals surface area (Å²) in [6.45, 7) is 8.77. The Morgan fingerprint density at radius 3 is 2.44 bits per heavy atom. The average Bonchev–Trinajstić information content (AvgIpc) is 3.19. The first-order chi connectivity index (χ1) is 17.2. The summed E-state index contributed by atoms with van der Waals surface area (Å²) >= 11 is 1.40. The van der Waals surface area contributed by atoms with Gasteiger partial charge >= 0.3 is 0 Å². The number of carbonyl (C=O) groups excluding carboxylic acids is 1. The molecule has 3 aromatic rings. The maximum Gasteiger partial charge on any atom is 0.279 e. The van der Waals surface area contributed by atoms with Crippen molar-refractivity contribution in [1.29, 1.82) is 0 Å². The lowest BCUT2D eigenvalue weighted by Gasteiger charge is -2.34. The van der Waals surface area contributed by atoms with Crippen LogP contribution in [0, 0.1) is 11.8 Å². The van der Waals surface area contributed by atoms with Crippen LogP contribution in [0.4, 0.5) is 0 Å². The monoisotopic (exact) mass is 531 g/mol. The molecule has 1 aromatic heterocycles. The Morgan fingerprint density at radius 2 is 1.81 bits per heavy atom. The Balaban J connectivity index is 1.62. The maximum atomic E-state index is 13.2. The normalized spacial score (nSPS) is 19.6. The van der Waals surface area contributed by atoms with Crippen molar-refractivity contribution in [3.63, 3.8) is 0 Å². The van der Waals surface area contributed by atoms with Gasteiger partial charge in [0.2, 0.25) is 10.0 Å². The van der Waals surface area contributed by atoms with Gasteiger partial charge in [-0.05, 0) is 67.6 Å². The van der Waals surface area contributed by atoms with Crippen molar-refractivity contribution < 1.29 is 22.7 Å². The van der Waals surface area contributed by atoms with Crippen molar-refractivity contribution in [1.82, 2.24) is 8.87 Å². The molecule has 0 saturated carbocycles. The third-order valence-corrected chi connectivity index (χ3v) is 9.21. The number of amides is 1. The number of piperidine rings is 1. The Morgan fingerprint density at radius 1 is 1.11 bits per heavy atom. The zero-order valence-electron chi connectivity index (χ0n) is 21.1. The minimum absolute atomic E-state index is 0.195. The molecule has 0 spiro atoms. The molecule has 0 aliphatic carbocycles. The van der Waals surface area contributed by atoms with Crippen molar-refractivity contribution in [3.05, 3.63) is 52.8 Å². The zero-order chi connectivity index (χ0) is 25.9. The van der Waals surface area contributed by atoms with Crippen LogP contribution in [0.15, 0.2) is 52.4 Å². The van der Waals surface area contributed by atoms with E-state index in [0.717, 1.165) is 22.4 Å². The molecule has 4 rings (SSSR count). The molecule has 2 heterocycles. The van der Waals surface area contributed by atoms with E-state index < -0.39 is 15.9 Å². The first-order valence-corrected chi connectivity index (χ1v) is 14.4. The summed E-state index contributed by atoms with van der Waals surface area (Å²) < 4.78 is 41.7. The lowest BCUT2D eigenvalue weighted by atomic mass is 9.94. The van der Waals surface area contributed by atoms with Crippen LogP contribution in [-0.2, 0) is 21.3 Å². The molecule has 1 fully saturated rings. The van der Waals surface area contributed by atoms with E-state index in [1.165, 1.54) is 35.6 Å². The number of rotatable bonds is 8. The fourth-order valence-electron chi connectivity index (χ4n) is 4.65. The number of ether oxygens (including phenoxy) is 2. The lowest BCUT2D eigenvalue weighted by Crippen LogP contribution is -2.42. The third-order valence-electron chi connectivity index (χ3n) is 6.32. The number of sulfonamides is 1. The number of aromatic nitrogens is 1. The number of hydrogen-bond acceptors (Lipinski definition) is 6. The fourth-order valence-corrected chi connectivity index (χ4v) is 7.42. The molecule has 0 bridgehead atoms. The predicted octanol–water partition coefficient (Wildman–Crippen LogP) is 4.16. The molecule has 1 saturated heterocycles. The topological polar surface area (TPSA) is 90.2 Å². The van der Waals surface area contributed by atoms with Crippen LogP contribution in [0.1, 0.15) is 37.6 Å². The summed E-state index contributed by atoms with van der Waals surface area (Å²) in [6, 6.07) is 11.8. The Labute approximate surface area is 216 Å². The number of nitrogens with zero attached hydrogens (tertiary/aromatic N) is 3. The molecule has 2 aromatic carbocycles. The van der Waals surface area contributed by atoms with E-state index in [1.54, 1.807) is 11.4 Å². The number of thiazole rings is 1. The number of methoxy groups -OCH3 is 1. The molecule has 1 amide bonds. The van der Waals surface area contributed by atoms with Crippen molar-refractivity contribution in [3.8, 4) is 5.75 Å². The van der Waals surface area contributed by atoms with Crippen LogP contribution in [0.3, 0.4) is 0 Å². The van der Waals surface area contributed by atoms with Crippen LogP contribution in [0.25, 0.3) is 10.2 Å². The first kappa shape index (κ1) is 26.5. The number of benzene rings is 2. The number of carbonyl (C=O) groups is 1. The van der Waals surface area contributed by atoms with Crippen molar-refractivity contribution in [2.24, 2.45) is 16.8 Å². The molecule has 0 N–H and O–H groups in total. The van der Waals surface area contributed by atoms with Gasteiger partial charge in [0, 0.05) is 31.8 Å². The SMILES string of the molecule is CCOCCn1c(=NC(=O)c2ccc(S(=O)(=O)N3CC(C)CC(C)C3)cc2)sc2cc(OC)ccc21. The van der Waals surface area contributed by atoms with Crippen molar-refractivity contribution >= 4 is 37.5 Å². The molecule has 1 aliphatic rings. The van der Waals surface area contributed by atoms with Crippen LogP contribution in [0.2, 0.25) is 0 Å². The summed E-state index contributed by atoms with van der Waals surface area (Å²) in [5.74, 6) is 0.938. The summed E-state index contributed by atoms with van der Waals surface area (Å²) in [6.07, 6.45) is 1.02. The largest absolute Gasteiger partial charge is 0.497 e. The van der Waals surface area contributed by atoms with Gasteiger partial charge in [-0.1, -0.05) is 25.2 Å². The molecule has 8 nitrogen and oxygen atoms in total. The smallest absolute Gasteiger partial charge is 0.279 e. The van der Waals surface area contributed by atoms with E-state index in [1.807, 2.05) is 29.7 Å². The highest BCUT2D eigenvalue weighted by Gasteiger charge is 2.31. The first-order valence-electron chi connectivity index (χ1n) is 12.2. The average molecular weight is 532 g/mol. The van der Waals surface area contributed by atoms with Crippen LogP contribution >= 0.6 is 11.3 Å². The quantitative estimate of drug-likeness (QED) is 0.407. The fraction of sp³-hybridized carbons (Fsp3) is 0.462. The summed E-state index contributed by atoms with van der Waals surface area (Å²) in [5.41, 5.74) is 1.28. The van der Waals surface area contributed by atoms with Crippen LogP contribution < -0.4 is 9.54 Å². The van der Waals surface area contributed by atoms with Gasteiger partial charge in [-0.15, -0.1) is 0 Å². The molecule has 2 unspecified atom stereocenters. The summed E-state index contributed by atoms with van der Waals surface area (Å²) in [7, 11) is -2.00. The summed E-state index contributed by atoms with van der Waals surface area (Å²) in [5, 5.41) is 0. The van der Waals surface area contributed by atoms with E-state index >= 15 is 0 Å². The molecule has 1 aliphatic heterocycles. The van der Waals surface area contributed by atoms with Gasteiger partial charge in [-0.3, -0.25) is 4.79 Å². The van der Waals surface area contributed by atoms with E-state index in [9.17, 15) is 13.2 Å². The molecular formula is C26H33N3O5S2. The van der Waals surface area contributed by atoms with Crippen molar-refractivity contribution in [2.45, 2.75) is 38.6 Å². The van der Waals surface area contributed by atoms with Crippen molar-refractivity contribution in [2.75, 3.05) is 33.4 Å². The van der Waals surface area contributed by atoms with Gasteiger partial charge in [0.1, 0.15) is 5.75 Å². The Kier molecular flexibility index (Phi) is 8.29. The maximum absolute atomic E-state index is 13.2. The highest BCUT2D eigenvalue weighted by atomic mass is 32.2. The second kappa shape index (κ2) is 11.2. The second-order valence-electron chi connectivity index (χ2n) is 9.28. The Bertz CT molecular complexity index is 1380. The highest BCUT2D eigenvalue weighted by molar-refractivity contribution is 7.89. The third kappa shape index (κ3) is 5.72. The standard InChI is InChI=1S/C26H33N3O5S2/c1-5-34-13-12-29-23-11-8-21(33-4)15-24(23)35-26(29)27-25(30)20-6-9-22(10-7-20)36(31,32)28-16-18(2)14-19(3)17-28/h6-11,15,18-19H,5,12-14,16-17H2,1-4H3. The van der Waals surface area contributed by atoms with Gasteiger partial charge in [0.25, 0.3) is 5.91 Å². The minimum atomic E-state index is -3.61. The molecule has 194 valence electrons. The predicted molar refractivity (Wildman–Crippen MR) is 141 cm³/mol. The molecule has 36 heavy (non-hydrogen) atoms. The minimum Gasteiger partial charge on any atom is -0.497 e. The molecule has 2 atom stereocenters.